The molecule has 1 amide bonds. The number of carbonyl (C=O) groups is 1. The molecule has 0 aliphatic carbocycles. The molecule has 4 nitrogen and oxygen atoms in total. The molecule has 18 heavy (non-hydrogen) atoms. The van der Waals surface area contributed by atoms with Crippen molar-refractivity contribution in [2.45, 2.75) is 13.5 Å². The number of hydrogen-bond acceptors (Lipinski definition) is 3. The van der Waals surface area contributed by atoms with Gasteiger partial charge in [0.2, 0.25) is 5.91 Å². The number of amides is 1. The van der Waals surface area contributed by atoms with Gasteiger partial charge in [-0.3, -0.25) is 4.79 Å². The van der Waals surface area contributed by atoms with Crippen LogP contribution >= 0.6 is 0 Å². The van der Waals surface area contributed by atoms with Crippen molar-refractivity contribution >= 4 is 5.91 Å². The number of nitrogens with zero attached hydrogens (tertiary/aromatic N) is 1. The quantitative estimate of drug-likeness (QED) is 0.750. The minimum absolute atomic E-state index is 0.0453. The molecule has 0 fully saturated rings. The van der Waals surface area contributed by atoms with E-state index in [0.717, 1.165) is 13.1 Å². The van der Waals surface area contributed by atoms with Gasteiger partial charge in [0, 0.05) is 19.6 Å². The van der Waals surface area contributed by atoms with Crippen molar-refractivity contribution in [3.8, 4) is 0 Å². The SMILES string of the molecule is Cc1ccc(CNCC(=O)NCCN(C)C)cc1. The molecule has 1 aromatic carbocycles. The number of hydrogen-bond donors (Lipinski definition) is 2. The van der Waals surface area contributed by atoms with Crippen molar-refractivity contribution < 1.29 is 4.79 Å². The number of nitrogens with one attached hydrogen (secondary N) is 2. The molecule has 0 bridgehead atoms. The van der Waals surface area contributed by atoms with Gasteiger partial charge in [-0.1, -0.05) is 29.8 Å². The first-order valence-electron chi connectivity index (χ1n) is 6.25. The zero-order valence-electron chi connectivity index (χ0n) is 11.5. The summed E-state index contributed by atoms with van der Waals surface area (Å²) in [6.07, 6.45) is 0. The van der Waals surface area contributed by atoms with Gasteiger partial charge in [-0.05, 0) is 26.6 Å². The minimum atomic E-state index is 0.0453. The van der Waals surface area contributed by atoms with E-state index in [2.05, 4.69) is 41.8 Å². The van der Waals surface area contributed by atoms with Gasteiger partial charge < -0.3 is 15.5 Å². The summed E-state index contributed by atoms with van der Waals surface area (Å²) in [6.45, 7) is 4.71. The molecule has 0 spiro atoms. The first kappa shape index (κ1) is 14.7. The van der Waals surface area contributed by atoms with Crippen LogP contribution in [0.1, 0.15) is 11.1 Å². The van der Waals surface area contributed by atoms with E-state index < -0.39 is 0 Å². The Bertz CT molecular complexity index is 360. The summed E-state index contributed by atoms with van der Waals surface area (Å²) in [4.78, 5) is 13.5. The highest BCUT2D eigenvalue weighted by Gasteiger charge is 2.00. The van der Waals surface area contributed by atoms with Crippen LogP contribution in [0.2, 0.25) is 0 Å². The van der Waals surface area contributed by atoms with Crippen LogP contribution in [0.4, 0.5) is 0 Å². The van der Waals surface area contributed by atoms with Crippen molar-refractivity contribution in [2.24, 2.45) is 0 Å². The molecule has 1 aromatic rings. The number of rotatable bonds is 7. The predicted octanol–water partition coefficient (Wildman–Crippen LogP) is 0.762. The fourth-order valence-corrected chi connectivity index (χ4v) is 1.51. The monoisotopic (exact) mass is 249 g/mol. The average molecular weight is 249 g/mol. The molecule has 0 aliphatic heterocycles. The average Bonchev–Trinajstić information content (AvgIpc) is 2.31. The van der Waals surface area contributed by atoms with Gasteiger partial charge in [-0.25, -0.2) is 0 Å². The summed E-state index contributed by atoms with van der Waals surface area (Å²) in [6, 6.07) is 8.31. The Kier molecular flexibility index (Phi) is 6.39. The Morgan fingerprint density at radius 1 is 1.22 bits per heavy atom. The lowest BCUT2D eigenvalue weighted by Crippen LogP contribution is -2.37. The van der Waals surface area contributed by atoms with Crippen LogP contribution in [0, 0.1) is 6.92 Å². The lowest BCUT2D eigenvalue weighted by atomic mass is 10.1. The minimum Gasteiger partial charge on any atom is -0.354 e. The van der Waals surface area contributed by atoms with Crippen LogP contribution in [0.3, 0.4) is 0 Å². The van der Waals surface area contributed by atoms with Gasteiger partial charge in [0.1, 0.15) is 0 Å². The number of benzene rings is 1. The molecule has 100 valence electrons. The number of carbonyl (C=O) groups excluding carboxylic acids is 1. The molecule has 0 radical (unpaired) electrons. The zero-order valence-corrected chi connectivity index (χ0v) is 11.5. The summed E-state index contributed by atoms with van der Waals surface area (Å²) >= 11 is 0. The Labute approximate surface area is 109 Å². The van der Waals surface area contributed by atoms with E-state index in [0.29, 0.717) is 13.1 Å². The summed E-state index contributed by atoms with van der Waals surface area (Å²) in [7, 11) is 3.98. The van der Waals surface area contributed by atoms with Gasteiger partial charge in [0.05, 0.1) is 6.54 Å². The van der Waals surface area contributed by atoms with Gasteiger partial charge in [0.15, 0.2) is 0 Å². The zero-order chi connectivity index (χ0) is 13.4. The van der Waals surface area contributed by atoms with Crippen molar-refractivity contribution in [1.29, 1.82) is 0 Å². The molecule has 0 aliphatic rings. The Balaban J connectivity index is 2.13. The molecule has 0 unspecified atom stereocenters. The molecule has 4 heteroatoms. The summed E-state index contributed by atoms with van der Waals surface area (Å²) < 4.78 is 0. The molecule has 0 heterocycles. The van der Waals surface area contributed by atoms with Crippen LogP contribution in [0.5, 0.6) is 0 Å². The van der Waals surface area contributed by atoms with E-state index in [1.54, 1.807) is 0 Å². The smallest absolute Gasteiger partial charge is 0.234 e. The molecular weight excluding hydrogens is 226 g/mol. The highest BCUT2D eigenvalue weighted by atomic mass is 16.1. The molecule has 0 saturated heterocycles. The lowest BCUT2D eigenvalue weighted by Gasteiger charge is -2.10. The third-order valence-corrected chi connectivity index (χ3v) is 2.62. The number of likely N-dealkylation sites (N-methyl/N-ethyl adjacent to an activating group) is 1. The molecule has 0 saturated carbocycles. The second-order valence-corrected chi connectivity index (χ2v) is 4.74. The maximum absolute atomic E-state index is 11.5. The number of aryl methyl sites for hydroxylation is 1. The second-order valence-electron chi connectivity index (χ2n) is 4.74. The van der Waals surface area contributed by atoms with Gasteiger partial charge in [-0.15, -0.1) is 0 Å². The lowest BCUT2D eigenvalue weighted by molar-refractivity contribution is -0.120. The first-order valence-corrected chi connectivity index (χ1v) is 6.25. The van der Waals surface area contributed by atoms with Crippen molar-refractivity contribution in [3.63, 3.8) is 0 Å². The maximum Gasteiger partial charge on any atom is 0.234 e. The van der Waals surface area contributed by atoms with Crippen LogP contribution in [-0.2, 0) is 11.3 Å². The fraction of sp³-hybridized carbons (Fsp3) is 0.500. The van der Waals surface area contributed by atoms with E-state index in [4.69, 9.17) is 0 Å². The van der Waals surface area contributed by atoms with E-state index in [1.165, 1.54) is 11.1 Å². The second kappa shape index (κ2) is 7.84. The normalized spacial score (nSPS) is 10.7. The highest BCUT2D eigenvalue weighted by Crippen LogP contribution is 2.01. The predicted molar refractivity (Wildman–Crippen MR) is 74.4 cm³/mol. The van der Waals surface area contributed by atoms with E-state index in [9.17, 15) is 4.79 Å². The van der Waals surface area contributed by atoms with Crippen molar-refractivity contribution in [2.75, 3.05) is 33.7 Å². The third kappa shape index (κ3) is 6.37. The van der Waals surface area contributed by atoms with Crippen molar-refractivity contribution in [1.82, 2.24) is 15.5 Å². The molecule has 0 aromatic heterocycles. The standard InChI is InChI=1S/C14H23N3O/c1-12-4-6-13(7-5-12)10-15-11-14(18)16-8-9-17(2)3/h4-7,15H,8-11H2,1-3H3,(H,16,18). The third-order valence-electron chi connectivity index (χ3n) is 2.62. The molecular formula is C14H23N3O. The highest BCUT2D eigenvalue weighted by molar-refractivity contribution is 5.77. The molecule has 2 N–H and O–H groups in total. The van der Waals surface area contributed by atoms with Gasteiger partial charge >= 0.3 is 0 Å². The van der Waals surface area contributed by atoms with E-state index in [1.807, 2.05) is 19.0 Å². The van der Waals surface area contributed by atoms with E-state index in [-0.39, 0.29) is 5.91 Å². The van der Waals surface area contributed by atoms with Crippen LogP contribution < -0.4 is 10.6 Å². The van der Waals surface area contributed by atoms with Crippen LogP contribution in [-0.4, -0.2) is 44.5 Å². The fourth-order valence-electron chi connectivity index (χ4n) is 1.51. The van der Waals surface area contributed by atoms with Crippen LogP contribution in [0.25, 0.3) is 0 Å². The van der Waals surface area contributed by atoms with Crippen LogP contribution in [0.15, 0.2) is 24.3 Å². The summed E-state index contributed by atoms with van der Waals surface area (Å²) in [5.41, 5.74) is 2.45. The largest absolute Gasteiger partial charge is 0.354 e. The summed E-state index contributed by atoms with van der Waals surface area (Å²) in [5, 5.41) is 6.00. The Hall–Kier alpha value is -1.39. The Morgan fingerprint density at radius 2 is 1.89 bits per heavy atom. The van der Waals surface area contributed by atoms with Crippen molar-refractivity contribution in [3.05, 3.63) is 35.4 Å². The Morgan fingerprint density at radius 3 is 2.50 bits per heavy atom. The first-order chi connectivity index (χ1) is 8.58. The molecule has 0 atom stereocenters. The summed E-state index contributed by atoms with van der Waals surface area (Å²) in [5.74, 6) is 0.0453. The van der Waals surface area contributed by atoms with Gasteiger partial charge in [-0.2, -0.15) is 0 Å². The van der Waals surface area contributed by atoms with Gasteiger partial charge in [0.25, 0.3) is 0 Å². The molecule has 1 rings (SSSR count). The topological polar surface area (TPSA) is 44.4 Å². The maximum atomic E-state index is 11.5. The van der Waals surface area contributed by atoms with E-state index >= 15 is 0 Å².